The molecule has 0 radical (unpaired) electrons. The summed E-state index contributed by atoms with van der Waals surface area (Å²) in [5, 5.41) is 8.84. The van der Waals surface area contributed by atoms with Gasteiger partial charge in [0.2, 0.25) is 0 Å². The molecule has 0 fully saturated rings. The fraction of sp³-hybridized carbons (Fsp3) is 0.0833. The van der Waals surface area contributed by atoms with Gasteiger partial charge in [0.1, 0.15) is 12.1 Å². The SMILES string of the molecule is COc1cccc(-c2cc(C(=O)O)ncn2)c1. The Labute approximate surface area is 97.7 Å². The average molecular weight is 230 g/mol. The van der Waals surface area contributed by atoms with E-state index in [1.54, 1.807) is 13.2 Å². The van der Waals surface area contributed by atoms with Crippen molar-refractivity contribution in [2.45, 2.75) is 0 Å². The third kappa shape index (κ3) is 2.39. The van der Waals surface area contributed by atoms with E-state index in [-0.39, 0.29) is 5.69 Å². The summed E-state index contributed by atoms with van der Waals surface area (Å²) in [7, 11) is 1.57. The molecule has 86 valence electrons. The topological polar surface area (TPSA) is 72.3 Å². The second-order valence-corrected chi connectivity index (χ2v) is 3.33. The van der Waals surface area contributed by atoms with Gasteiger partial charge in [-0.2, -0.15) is 0 Å². The first kappa shape index (κ1) is 11.1. The van der Waals surface area contributed by atoms with E-state index < -0.39 is 5.97 Å². The molecule has 0 amide bonds. The van der Waals surface area contributed by atoms with Gasteiger partial charge in [0, 0.05) is 5.56 Å². The highest BCUT2D eigenvalue weighted by Gasteiger charge is 2.07. The van der Waals surface area contributed by atoms with Crippen LogP contribution < -0.4 is 4.74 Å². The first-order chi connectivity index (χ1) is 8.20. The minimum absolute atomic E-state index is 0.0298. The van der Waals surface area contributed by atoms with E-state index in [0.717, 1.165) is 5.56 Å². The van der Waals surface area contributed by atoms with Crippen LogP contribution in [-0.2, 0) is 0 Å². The molecule has 2 rings (SSSR count). The Morgan fingerprint density at radius 2 is 2.12 bits per heavy atom. The first-order valence-corrected chi connectivity index (χ1v) is 4.90. The predicted octanol–water partition coefficient (Wildman–Crippen LogP) is 1.85. The van der Waals surface area contributed by atoms with Gasteiger partial charge in [0.05, 0.1) is 12.8 Å². The average Bonchev–Trinajstić information content (AvgIpc) is 2.39. The molecule has 0 aliphatic heterocycles. The zero-order valence-electron chi connectivity index (χ0n) is 9.12. The van der Waals surface area contributed by atoms with Crippen molar-refractivity contribution in [3.05, 3.63) is 42.4 Å². The molecule has 0 saturated heterocycles. The van der Waals surface area contributed by atoms with Gasteiger partial charge in [-0.3, -0.25) is 0 Å². The quantitative estimate of drug-likeness (QED) is 0.871. The van der Waals surface area contributed by atoms with Crippen LogP contribution in [0.5, 0.6) is 5.75 Å². The molecule has 0 aliphatic carbocycles. The second-order valence-electron chi connectivity index (χ2n) is 3.33. The lowest BCUT2D eigenvalue weighted by Crippen LogP contribution is -2.01. The van der Waals surface area contributed by atoms with Gasteiger partial charge in [-0.1, -0.05) is 12.1 Å². The minimum Gasteiger partial charge on any atom is -0.497 e. The normalized spacial score (nSPS) is 9.94. The molecule has 0 bridgehead atoms. The van der Waals surface area contributed by atoms with Crippen molar-refractivity contribution >= 4 is 5.97 Å². The van der Waals surface area contributed by atoms with Crippen molar-refractivity contribution in [2.24, 2.45) is 0 Å². The van der Waals surface area contributed by atoms with Crippen molar-refractivity contribution in [1.29, 1.82) is 0 Å². The number of carboxylic acid groups (broad SMARTS) is 1. The van der Waals surface area contributed by atoms with Gasteiger partial charge in [-0.15, -0.1) is 0 Å². The van der Waals surface area contributed by atoms with E-state index in [0.29, 0.717) is 11.4 Å². The van der Waals surface area contributed by atoms with Gasteiger partial charge in [0.25, 0.3) is 0 Å². The molecule has 0 aliphatic rings. The van der Waals surface area contributed by atoms with E-state index in [1.807, 2.05) is 18.2 Å². The number of carbonyl (C=O) groups is 1. The van der Waals surface area contributed by atoms with Crippen LogP contribution in [-0.4, -0.2) is 28.2 Å². The number of nitrogens with zero attached hydrogens (tertiary/aromatic N) is 2. The van der Waals surface area contributed by atoms with Gasteiger partial charge in [-0.05, 0) is 18.2 Å². The number of benzene rings is 1. The molecule has 1 aromatic heterocycles. The number of aromatic nitrogens is 2. The van der Waals surface area contributed by atoms with Crippen molar-refractivity contribution in [3.63, 3.8) is 0 Å². The van der Waals surface area contributed by atoms with Gasteiger partial charge in [-0.25, -0.2) is 14.8 Å². The largest absolute Gasteiger partial charge is 0.497 e. The molecular formula is C12H10N2O3. The van der Waals surface area contributed by atoms with Crippen LogP contribution in [0.2, 0.25) is 0 Å². The molecule has 1 aromatic carbocycles. The number of rotatable bonds is 3. The maximum Gasteiger partial charge on any atom is 0.354 e. The smallest absolute Gasteiger partial charge is 0.354 e. The summed E-state index contributed by atoms with van der Waals surface area (Å²) in [5.74, 6) is -0.380. The molecule has 1 N–H and O–H groups in total. The van der Waals surface area contributed by atoms with Crippen molar-refractivity contribution in [1.82, 2.24) is 9.97 Å². The van der Waals surface area contributed by atoms with Gasteiger partial charge >= 0.3 is 5.97 Å². The predicted molar refractivity (Wildman–Crippen MR) is 61.0 cm³/mol. The molecule has 0 spiro atoms. The standard InChI is InChI=1S/C12H10N2O3/c1-17-9-4-2-3-8(5-9)10-6-11(12(15)16)14-7-13-10/h2-7H,1H3,(H,15,16). The minimum atomic E-state index is -1.07. The number of hydrogen-bond donors (Lipinski definition) is 1. The third-order valence-corrected chi connectivity index (χ3v) is 2.25. The third-order valence-electron chi connectivity index (χ3n) is 2.25. The summed E-state index contributed by atoms with van der Waals surface area (Å²) in [6.07, 6.45) is 1.23. The monoisotopic (exact) mass is 230 g/mol. The number of carboxylic acids is 1. The Morgan fingerprint density at radius 3 is 2.82 bits per heavy atom. The molecule has 5 heteroatoms. The Kier molecular flexibility index (Phi) is 3.00. The summed E-state index contributed by atoms with van der Waals surface area (Å²) in [5.41, 5.74) is 1.31. The highest BCUT2D eigenvalue weighted by molar-refractivity contribution is 5.86. The lowest BCUT2D eigenvalue weighted by molar-refractivity contribution is 0.0690. The van der Waals surface area contributed by atoms with Crippen molar-refractivity contribution < 1.29 is 14.6 Å². The molecule has 1 heterocycles. The van der Waals surface area contributed by atoms with E-state index in [4.69, 9.17) is 9.84 Å². The molecular weight excluding hydrogens is 220 g/mol. The zero-order valence-corrected chi connectivity index (χ0v) is 9.12. The van der Waals surface area contributed by atoms with E-state index in [2.05, 4.69) is 9.97 Å². The van der Waals surface area contributed by atoms with Crippen LogP contribution >= 0.6 is 0 Å². The summed E-state index contributed by atoms with van der Waals surface area (Å²) >= 11 is 0. The summed E-state index contributed by atoms with van der Waals surface area (Å²) in [6.45, 7) is 0. The number of aromatic carboxylic acids is 1. The maximum atomic E-state index is 10.8. The number of methoxy groups -OCH3 is 1. The van der Waals surface area contributed by atoms with Crippen LogP contribution in [0.15, 0.2) is 36.7 Å². The fourth-order valence-corrected chi connectivity index (χ4v) is 1.41. The second kappa shape index (κ2) is 4.61. The number of ether oxygens (including phenoxy) is 1. The van der Waals surface area contributed by atoms with E-state index >= 15 is 0 Å². The van der Waals surface area contributed by atoms with Gasteiger partial charge in [0.15, 0.2) is 5.69 Å². The van der Waals surface area contributed by atoms with Crippen LogP contribution in [0.4, 0.5) is 0 Å². The molecule has 2 aromatic rings. The highest BCUT2D eigenvalue weighted by atomic mass is 16.5. The van der Waals surface area contributed by atoms with Crippen molar-refractivity contribution in [2.75, 3.05) is 7.11 Å². The molecule has 5 nitrogen and oxygen atoms in total. The summed E-state index contributed by atoms with van der Waals surface area (Å²) in [4.78, 5) is 18.5. The van der Waals surface area contributed by atoms with Crippen molar-refractivity contribution in [3.8, 4) is 17.0 Å². The van der Waals surface area contributed by atoms with Crippen LogP contribution in [0, 0.1) is 0 Å². The lowest BCUT2D eigenvalue weighted by Gasteiger charge is -2.04. The highest BCUT2D eigenvalue weighted by Crippen LogP contribution is 2.21. The summed E-state index contributed by atoms with van der Waals surface area (Å²) < 4.78 is 5.09. The lowest BCUT2D eigenvalue weighted by atomic mass is 10.1. The Morgan fingerprint density at radius 1 is 1.29 bits per heavy atom. The molecule has 0 unspecified atom stereocenters. The van der Waals surface area contributed by atoms with E-state index in [1.165, 1.54) is 12.4 Å². The van der Waals surface area contributed by atoms with E-state index in [9.17, 15) is 4.79 Å². The fourth-order valence-electron chi connectivity index (χ4n) is 1.41. The first-order valence-electron chi connectivity index (χ1n) is 4.90. The number of hydrogen-bond acceptors (Lipinski definition) is 4. The van der Waals surface area contributed by atoms with Crippen LogP contribution in [0.3, 0.4) is 0 Å². The van der Waals surface area contributed by atoms with Crippen LogP contribution in [0.25, 0.3) is 11.3 Å². The zero-order chi connectivity index (χ0) is 12.3. The molecule has 0 saturated carbocycles. The van der Waals surface area contributed by atoms with Crippen LogP contribution in [0.1, 0.15) is 10.5 Å². The van der Waals surface area contributed by atoms with Gasteiger partial charge < -0.3 is 9.84 Å². The Hall–Kier alpha value is -2.43. The molecule has 0 atom stereocenters. The molecule has 17 heavy (non-hydrogen) atoms. The Bertz CT molecular complexity index is 555. The Balaban J connectivity index is 2.45. The maximum absolute atomic E-state index is 10.8. The summed E-state index contributed by atoms with van der Waals surface area (Å²) in [6, 6.07) is 8.67.